The van der Waals surface area contributed by atoms with E-state index in [0.29, 0.717) is 6.73 Å². The van der Waals surface area contributed by atoms with E-state index in [1.54, 1.807) is 7.11 Å². The largest absolute Gasteiger partial charge is 0.496 e. The first-order valence-corrected chi connectivity index (χ1v) is 7.83. The maximum Gasteiger partial charge on any atom is 0.142 e. The minimum absolute atomic E-state index is 0.609. The van der Waals surface area contributed by atoms with Crippen LogP contribution in [-0.2, 0) is 13.1 Å². The third-order valence-corrected chi connectivity index (χ3v) is 4.31. The Morgan fingerprint density at radius 2 is 1.83 bits per heavy atom. The predicted octanol–water partition coefficient (Wildman–Crippen LogP) is 4.20. The fourth-order valence-electron chi connectivity index (χ4n) is 3.21. The van der Waals surface area contributed by atoms with Crippen molar-refractivity contribution in [1.82, 2.24) is 4.90 Å². The summed E-state index contributed by atoms with van der Waals surface area (Å²) in [5.41, 5.74) is 2.54. The van der Waals surface area contributed by atoms with Crippen molar-refractivity contribution in [3.8, 4) is 11.5 Å². The van der Waals surface area contributed by atoms with Gasteiger partial charge in [0.15, 0.2) is 0 Å². The molecular weight excluding hydrogens is 286 g/mol. The van der Waals surface area contributed by atoms with E-state index in [0.717, 1.165) is 35.4 Å². The second-order valence-electron chi connectivity index (χ2n) is 5.86. The highest BCUT2D eigenvalue weighted by atomic mass is 16.5. The van der Waals surface area contributed by atoms with Crippen molar-refractivity contribution < 1.29 is 9.47 Å². The topological polar surface area (TPSA) is 21.7 Å². The Kier molecular flexibility index (Phi) is 3.64. The number of rotatable bonds is 3. The van der Waals surface area contributed by atoms with Crippen LogP contribution in [0, 0.1) is 0 Å². The third-order valence-electron chi connectivity index (χ3n) is 4.31. The Balaban J connectivity index is 1.64. The van der Waals surface area contributed by atoms with E-state index in [9.17, 15) is 0 Å². The summed E-state index contributed by atoms with van der Waals surface area (Å²) < 4.78 is 11.5. The zero-order valence-corrected chi connectivity index (χ0v) is 13.2. The Morgan fingerprint density at radius 3 is 2.65 bits per heavy atom. The molecule has 0 saturated heterocycles. The summed E-state index contributed by atoms with van der Waals surface area (Å²) >= 11 is 0. The molecular formula is C20H19NO2. The van der Waals surface area contributed by atoms with Gasteiger partial charge in [0.25, 0.3) is 0 Å². The zero-order valence-electron chi connectivity index (χ0n) is 13.2. The van der Waals surface area contributed by atoms with Gasteiger partial charge in [0.1, 0.15) is 18.2 Å². The highest BCUT2D eigenvalue weighted by Crippen LogP contribution is 2.37. The maximum atomic E-state index is 6.09. The van der Waals surface area contributed by atoms with Crippen LogP contribution in [0.25, 0.3) is 10.8 Å². The van der Waals surface area contributed by atoms with Crippen LogP contribution >= 0.6 is 0 Å². The molecule has 1 heterocycles. The first kappa shape index (κ1) is 14.1. The van der Waals surface area contributed by atoms with Gasteiger partial charge in [-0.1, -0.05) is 54.6 Å². The second kappa shape index (κ2) is 5.94. The molecule has 116 valence electrons. The average Bonchev–Trinajstić information content (AvgIpc) is 2.61. The van der Waals surface area contributed by atoms with Gasteiger partial charge >= 0.3 is 0 Å². The molecule has 0 bridgehead atoms. The van der Waals surface area contributed by atoms with Crippen molar-refractivity contribution in [2.24, 2.45) is 0 Å². The summed E-state index contributed by atoms with van der Waals surface area (Å²) in [6.45, 7) is 2.41. The Morgan fingerprint density at radius 1 is 0.957 bits per heavy atom. The van der Waals surface area contributed by atoms with Gasteiger partial charge in [0, 0.05) is 29.4 Å². The van der Waals surface area contributed by atoms with Gasteiger partial charge in [0.05, 0.1) is 7.11 Å². The summed E-state index contributed by atoms with van der Waals surface area (Å²) in [7, 11) is 1.71. The van der Waals surface area contributed by atoms with E-state index in [2.05, 4.69) is 47.4 Å². The van der Waals surface area contributed by atoms with E-state index in [-0.39, 0.29) is 0 Å². The molecule has 3 heteroatoms. The van der Waals surface area contributed by atoms with Crippen LogP contribution in [0.3, 0.4) is 0 Å². The number of ether oxygens (including phenoxy) is 2. The summed E-state index contributed by atoms with van der Waals surface area (Å²) in [6.07, 6.45) is 0. The maximum absolute atomic E-state index is 6.09. The molecule has 0 atom stereocenters. The number of hydrogen-bond acceptors (Lipinski definition) is 3. The van der Waals surface area contributed by atoms with E-state index in [1.807, 2.05) is 18.2 Å². The molecule has 23 heavy (non-hydrogen) atoms. The van der Waals surface area contributed by atoms with Gasteiger partial charge in [-0.3, -0.25) is 4.90 Å². The van der Waals surface area contributed by atoms with Gasteiger partial charge in [-0.15, -0.1) is 0 Å². The lowest BCUT2D eigenvalue weighted by atomic mass is 10.0. The van der Waals surface area contributed by atoms with E-state index in [1.165, 1.54) is 11.1 Å². The van der Waals surface area contributed by atoms with Crippen LogP contribution in [0.15, 0.2) is 60.7 Å². The first-order chi connectivity index (χ1) is 11.3. The lowest BCUT2D eigenvalue weighted by Crippen LogP contribution is -2.31. The van der Waals surface area contributed by atoms with E-state index >= 15 is 0 Å². The molecule has 0 N–H and O–H groups in total. The van der Waals surface area contributed by atoms with Crippen molar-refractivity contribution in [2.75, 3.05) is 13.8 Å². The minimum atomic E-state index is 0.609. The number of hydrogen-bond donors (Lipinski definition) is 0. The quantitative estimate of drug-likeness (QED) is 0.724. The van der Waals surface area contributed by atoms with E-state index in [4.69, 9.17) is 9.47 Å². The van der Waals surface area contributed by atoms with Crippen LogP contribution in [0.2, 0.25) is 0 Å². The van der Waals surface area contributed by atoms with Crippen LogP contribution in [0.4, 0.5) is 0 Å². The molecule has 4 rings (SSSR count). The van der Waals surface area contributed by atoms with Crippen molar-refractivity contribution in [2.45, 2.75) is 13.1 Å². The van der Waals surface area contributed by atoms with Gasteiger partial charge in [0.2, 0.25) is 0 Å². The SMILES string of the molecule is COc1cccc2c3c(ccc12)CN(Cc1ccccc1)CO3. The number of nitrogens with zero attached hydrogens (tertiary/aromatic N) is 1. The summed E-state index contributed by atoms with van der Waals surface area (Å²) in [5, 5.41) is 2.23. The lowest BCUT2D eigenvalue weighted by Gasteiger charge is -2.30. The molecule has 1 aliphatic rings. The van der Waals surface area contributed by atoms with Gasteiger partial charge in [-0.25, -0.2) is 0 Å². The molecule has 0 saturated carbocycles. The van der Waals surface area contributed by atoms with Crippen LogP contribution in [0.5, 0.6) is 11.5 Å². The van der Waals surface area contributed by atoms with Crippen LogP contribution in [-0.4, -0.2) is 18.7 Å². The first-order valence-electron chi connectivity index (χ1n) is 7.83. The Labute approximate surface area is 136 Å². The van der Waals surface area contributed by atoms with Crippen molar-refractivity contribution in [3.05, 3.63) is 71.8 Å². The predicted molar refractivity (Wildman–Crippen MR) is 91.7 cm³/mol. The molecule has 0 fully saturated rings. The molecule has 0 spiro atoms. The number of fused-ring (bicyclic) bond motifs is 3. The third kappa shape index (κ3) is 2.64. The monoisotopic (exact) mass is 305 g/mol. The molecule has 0 amide bonds. The molecule has 0 aromatic heterocycles. The van der Waals surface area contributed by atoms with Crippen LogP contribution in [0.1, 0.15) is 11.1 Å². The summed E-state index contributed by atoms with van der Waals surface area (Å²) in [4.78, 5) is 2.31. The average molecular weight is 305 g/mol. The van der Waals surface area contributed by atoms with Gasteiger partial charge in [-0.2, -0.15) is 0 Å². The molecule has 3 aromatic rings. The van der Waals surface area contributed by atoms with Gasteiger partial charge in [-0.05, 0) is 11.6 Å². The second-order valence-corrected chi connectivity index (χ2v) is 5.86. The fraction of sp³-hybridized carbons (Fsp3) is 0.200. The number of benzene rings is 3. The highest BCUT2D eigenvalue weighted by Gasteiger charge is 2.20. The normalized spacial score (nSPS) is 14.3. The lowest BCUT2D eigenvalue weighted by molar-refractivity contribution is 0.0904. The van der Waals surface area contributed by atoms with Crippen molar-refractivity contribution in [3.63, 3.8) is 0 Å². The fourth-order valence-corrected chi connectivity index (χ4v) is 3.21. The smallest absolute Gasteiger partial charge is 0.142 e. The molecule has 0 aliphatic carbocycles. The molecule has 0 radical (unpaired) electrons. The van der Waals surface area contributed by atoms with Crippen LogP contribution < -0.4 is 9.47 Å². The molecule has 3 nitrogen and oxygen atoms in total. The van der Waals surface area contributed by atoms with Crippen molar-refractivity contribution in [1.29, 1.82) is 0 Å². The minimum Gasteiger partial charge on any atom is -0.496 e. The molecule has 3 aromatic carbocycles. The standard InChI is InChI=1S/C20H19NO2/c1-22-19-9-5-8-18-17(19)11-10-16-13-21(14-23-20(16)18)12-15-6-3-2-4-7-15/h2-11H,12-14H2,1H3. The highest BCUT2D eigenvalue weighted by molar-refractivity contribution is 5.94. The van der Waals surface area contributed by atoms with E-state index < -0.39 is 0 Å². The Bertz CT molecular complexity index is 830. The Hall–Kier alpha value is -2.52. The zero-order chi connectivity index (χ0) is 15.6. The summed E-state index contributed by atoms with van der Waals surface area (Å²) in [5.74, 6) is 1.88. The number of methoxy groups -OCH3 is 1. The van der Waals surface area contributed by atoms with Crippen molar-refractivity contribution >= 4 is 10.8 Å². The van der Waals surface area contributed by atoms with Gasteiger partial charge < -0.3 is 9.47 Å². The molecule has 1 aliphatic heterocycles. The summed E-state index contributed by atoms with van der Waals surface area (Å²) in [6, 6.07) is 20.9. The molecule has 0 unspecified atom stereocenters.